The Morgan fingerprint density at radius 1 is 0.463 bits per heavy atom. The van der Waals surface area contributed by atoms with Gasteiger partial charge in [-0.25, -0.2) is 0 Å². The summed E-state index contributed by atoms with van der Waals surface area (Å²) in [4.78, 5) is 21.9. The number of unbranched alkanes of at least 4 members (excludes halogenated alkanes) is 6. The van der Waals surface area contributed by atoms with Crippen LogP contribution < -0.4 is 4.74 Å². The van der Waals surface area contributed by atoms with Gasteiger partial charge in [-0.1, -0.05) is 45.4 Å². The summed E-state index contributed by atoms with van der Waals surface area (Å²) in [6.07, 6.45) is 8.75. The van der Waals surface area contributed by atoms with Crippen LogP contribution in [0.25, 0.3) is 0 Å². The second-order valence-corrected chi connectivity index (χ2v) is 11.8. The van der Waals surface area contributed by atoms with Crippen LogP contribution in [0.2, 0.25) is 0 Å². The fraction of sp³-hybridized carbons (Fsp3) is 0.816. The summed E-state index contributed by atoms with van der Waals surface area (Å²) in [7, 11) is 0. The normalized spacial score (nSPS) is 11.3. The Kier molecular flexibility index (Phi) is 36.8. The van der Waals surface area contributed by atoms with Gasteiger partial charge >= 0.3 is 5.97 Å². The second-order valence-electron chi connectivity index (χ2n) is 11.8. The molecule has 0 saturated heterocycles. The van der Waals surface area contributed by atoms with E-state index in [1.807, 2.05) is 0 Å². The number of carbonyl (C=O) groups excluding carboxylic acids is 1. The Bertz CT molecular complexity index is 957. The minimum absolute atomic E-state index is 0.0232. The first-order valence-corrected chi connectivity index (χ1v) is 19.4. The van der Waals surface area contributed by atoms with Gasteiger partial charge in [0.05, 0.1) is 137 Å². The zero-order chi connectivity index (χ0) is 38.8. The van der Waals surface area contributed by atoms with Crippen LogP contribution in [0.5, 0.6) is 5.75 Å². The number of carbonyl (C=O) groups is 1. The van der Waals surface area contributed by atoms with Crippen LogP contribution in [0.3, 0.4) is 0 Å². The van der Waals surface area contributed by atoms with E-state index in [1.165, 1.54) is 44.2 Å². The minimum atomic E-state index is -0.453. The highest BCUT2D eigenvalue weighted by Crippen LogP contribution is 2.17. The monoisotopic (exact) mass is 777 g/mol. The quantitative estimate of drug-likeness (QED) is 0.0382. The molecule has 0 bridgehead atoms. The third kappa shape index (κ3) is 35.2. The lowest BCUT2D eigenvalue weighted by molar-refractivity contribution is -0.384. The first-order valence-electron chi connectivity index (χ1n) is 19.4. The van der Waals surface area contributed by atoms with Crippen molar-refractivity contribution in [2.45, 2.75) is 58.3 Å². The summed E-state index contributed by atoms with van der Waals surface area (Å²) in [5, 5.41) is 10.6. The van der Waals surface area contributed by atoms with Gasteiger partial charge in [0.25, 0.3) is 5.69 Å². The summed E-state index contributed by atoms with van der Waals surface area (Å²) in [6.45, 7) is 12.0. The number of non-ortho nitro benzene ring substituents is 1. The van der Waals surface area contributed by atoms with Gasteiger partial charge in [-0.3, -0.25) is 14.9 Å². The number of nitro benzene ring substituents is 1. The van der Waals surface area contributed by atoms with Crippen LogP contribution in [0.4, 0.5) is 5.69 Å². The van der Waals surface area contributed by atoms with E-state index in [4.69, 9.17) is 56.8 Å². The van der Waals surface area contributed by atoms with Gasteiger partial charge in [-0.05, 0) is 18.6 Å². The van der Waals surface area contributed by atoms with Crippen LogP contribution in [0.1, 0.15) is 58.3 Å². The Morgan fingerprint density at radius 3 is 1.13 bits per heavy atom. The first kappa shape index (κ1) is 49.5. The van der Waals surface area contributed by atoms with Crippen molar-refractivity contribution in [1.82, 2.24) is 0 Å². The molecule has 16 nitrogen and oxygen atoms in total. The van der Waals surface area contributed by atoms with Crippen LogP contribution in [-0.2, 0) is 56.9 Å². The standard InChI is InChI=1S/C38H67NO15/c1-2-3-4-5-6-7-8-9-38(40)54-35-33-52-31-29-50-27-25-48-23-21-46-19-17-44-15-14-43-16-18-45-20-22-47-24-26-49-28-30-51-32-34-53-37-12-10-36(11-13-37)39(41)42/h10-13H,2-9,14-35H2,1H3. The van der Waals surface area contributed by atoms with E-state index in [-0.39, 0.29) is 18.3 Å². The number of hydrogen-bond donors (Lipinski definition) is 0. The number of ether oxygens (including phenoxy) is 12. The van der Waals surface area contributed by atoms with Gasteiger partial charge in [0.2, 0.25) is 0 Å². The fourth-order valence-corrected chi connectivity index (χ4v) is 4.48. The summed E-state index contributed by atoms with van der Waals surface area (Å²) in [5.74, 6) is 0.406. The number of rotatable bonds is 43. The van der Waals surface area contributed by atoms with E-state index in [0.29, 0.717) is 151 Å². The highest BCUT2D eigenvalue weighted by molar-refractivity contribution is 5.69. The molecule has 0 N–H and O–H groups in total. The highest BCUT2D eigenvalue weighted by atomic mass is 16.6. The number of hydrogen-bond acceptors (Lipinski definition) is 15. The molecule has 0 aliphatic rings. The van der Waals surface area contributed by atoms with Crippen molar-refractivity contribution in [1.29, 1.82) is 0 Å². The lowest BCUT2D eigenvalue weighted by atomic mass is 10.1. The molecule has 314 valence electrons. The summed E-state index contributed by atoms with van der Waals surface area (Å²) in [6, 6.07) is 5.90. The van der Waals surface area contributed by atoms with Crippen LogP contribution in [-0.4, -0.2) is 156 Å². The second kappa shape index (κ2) is 40.2. The van der Waals surface area contributed by atoms with Crippen molar-refractivity contribution in [3.05, 3.63) is 34.4 Å². The van der Waals surface area contributed by atoms with Gasteiger partial charge in [0.15, 0.2) is 0 Å². The molecule has 1 aromatic rings. The largest absolute Gasteiger partial charge is 0.491 e. The molecule has 0 aliphatic carbocycles. The smallest absolute Gasteiger partial charge is 0.305 e. The van der Waals surface area contributed by atoms with E-state index in [9.17, 15) is 14.9 Å². The molecule has 1 rings (SSSR count). The average Bonchev–Trinajstić information content (AvgIpc) is 3.17. The van der Waals surface area contributed by atoms with Crippen LogP contribution >= 0.6 is 0 Å². The molecule has 1 aromatic carbocycles. The Morgan fingerprint density at radius 2 is 0.778 bits per heavy atom. The van der Waals surface area contributed by atoms with Gasteiger partial charge in [0, 0.05) is 18.6 Å². The maximum absolute atomic E-state index is 11.7. The van der Waals surface area contributed by atoms with E-state index >= 15 is 0 Å². The number of nitro groups is 1. The molecular formula is C38H67NO15. The molecule has 0 aliphatic heterocycles. The molecule has 0 radical (unpaired) electrons. The third-order valence-corrected chi connectivity index (χ3v) is 7.37. The van der Waals surface area contributed by atoms with Crippen molar-refractivity contribution in [2.75, 3.05) is 145 Å². The Hall–Kier alpha value is -2.51. The molecule has 16 heteroatoms. The summed E-state index contributed by atoms with van der Waals surface area (Å²) >= 11 is 0. The number of benzene rings is 1. The molecular weight excluding hydrogens is 710 g/mol. The molecule has 0 amide bonds. The molecule has 0 atom stereocenters. The Labute approximate surface area is 321 Å². The van der Waals surface area contributed by atoms with E-state index in [1.54, 1.807) is 12.1 Å². The maximum Gasteiger partial charge on any atom is 0.305 e. The van der Waals surface area contributed by atoms with E-state index in [2.05, 4.69) is 6.92 Å². The lowest BCUT2D eigenvalue weighted by Gasteiger charge is -2.09. The molecule has 54 heavy (non-hydrogen) atoms. The third-order valence-electron chi connectivity index (χ3n) is 7.37. The highest BCUT2D eigenvalue weighted by Gasteiger charge is 2.05. The zero-order valence-corrected chi connectivity index (χ0v) is 32.6. The molecule has 0 saturated carbocycles. The summed E-state index contributed by atoms with van der Waals surface area (Å²) < 4.78 is 65.3. The van der Waals surface area contributed by atoms with Gasteiger partial charge in [-0.15, -0.1) is 0 Å². The average molecular weight is 778 g/mol. The predicted molar refractivity (Wildman–Crippen MR) is 200 cm³/mol. The number of esters is 1. The topological polar surface area (TPSA) is 171 Å². The zero-order valence-electron chi connectivity index (χ0n) is 32.6. The van der Waals surface area contributed by atoms with Crippen molar-refractivity contribution >= 4 is 11.7 Å². The first-order chi connectivity index (χ1) is 26.6. The molecule has 0 heterocycles. The molecule has 0 unspecified atom stereocenters. The van der Waals surface area contributed by atoms with Crippen molar-refractivity contribution in [3.63, 3.8) is 0 Å². The van der Waals surface area contributed by atoms with Crippen molar-refractivity contribution in [2.24, 2.45) is 0 Å². The van der Waals surface area contributed by atoms with Crippen molar-refractivity contribution < 1.29 is 66.6 Å². The molecule has 0 aromatic heterocycles. The van der Waals surface area contributed by atoms with Crippen molar-refractivity contribution in [3.8, 4) is 5.75 Å². The predicted octanol–water partition coefficient (Wildman–Crippen LogP) is 4.82. The van der Waals surface area contributed by atoms with Crippen LogP contribution in [0, 0.1) is 10.1 Å². The molecule has 0 fully saturated rings. The Balaban J connectivity index is 1.65. The summed E-state index contributed by atoms with van der Waals surface area (Å²) in [5.41, 5.74) is 0.0232. The lowest BCUT2D eigenvalue weighted by Crippen LogP contribution is -2.15. The van der Waals surface area contributed by atoms with Crippen LogP contribution in [0.15, 0.2) is 24.3 Å². The molecule has 0 spiro atoms. The van der Waals surface area contributed by atoms with E-state index < -0.39 is 4.92 Å². The van der Waals surface area contributed by atoms with E-state index in [0.717, 1.165) is 12.8 Å². The van der Waals surface area contributed by atoms with Gasteiger partial charge < -0.3 is 56.8 Å². The van der Waals surface area contributed by atoms with Gasteiger partial charge in [0.1, 0.15) is 19.0 Å². The maximum atomic E-state index is 11.7. The van der Waals surface area contributed by atoms with Gasteiger partial charge in [-0.2, -0.15) is 0 Å². The fourth-order valence-electron chi connectivity index (χ4n) is 4.48. The number of nitrogens with zero attached hydrogens (tertiary/aromatic N) is 1. The SMILES string of the molecule is CCCCCCCCCC(=O)OCCOCCOCCOCCOCCOCCOCCOCCOCCOCCOCCOc1ccc([N+](=O)[O-])cc1. The minimum Gasteiger partial charge on any atom is -0.491 e.